The van der Waals surface area contributed by atoms with Gasteiger partial charge >= 0.3 is 0 Å². The molecule has 1 aromatic rings. The molecule has 0 bridgehead atoms. The Balaban J connectivity index is 3.02. The Morgan fingerprint density at radius 3 is 2.32 bits per heavy atom. The van der Waals surface area contributed by atoms with Gasteiger partial charge in [0.25, 0.3) is 0 Å². The molecule has 0 heterocycles. The van der Waals surface area contributed by atoms with Gasteiger partial charge in [0.15, 0.2) is 0 Å². The van der Waals surface area contributed by atoms with Gasteiger partial charge in [0.1, 0.15) is 11.6 Å². The van der Waals surface area contributed by atoms with Crippen LogP contribution < -0.4 is 0 Å². The maximum absolute atomic E-state index is 12.6. The van der Waals surface area contributed by atoms with Gasteiger partial charge in [-0.25, -0.2) is 0 Å². The number of benzene rings is 1. The largest absolute Gasteiger partial charge is 0.396 e. The highest BCUT2D eigenvalue weighted by molar-refractivity contribution is 7.99. The van der Waals surface area contributed by atoms with Crippen molar-refractivity contribution in [3.63, 3.8) is 0 Å². The van der Waals surface area contributed by atoms with Crippen molar-refractivity contribution >= 4 is 58.3 Å². The molecule has 1 rings (SSSR count). The van der Waals surface area contributed by atoms with E-state index in [2.05, 4.69) is 0 Å². The number of hydrogen-bond acceptors (Lipinski definition) is 6. The standard InChI is InChI=1S/C17H22Cl2O4S2/c1-11(22)16(15(23)4-7-24-8-5-20)17(25-9-6-21)12-2-3-13(18)14(19)10-12/h2-3,10,16-17,20-21H,4-9H2,1H3/t16-,17-/m1/s1. The summed E-state index contributed by atoms with van der Waals surface area (Å²) in [6.07, 6.45) is 0.256. The maximum Gasteiger partial charge on any atom is 0.145 e. The third-order valence-electron chi connectivity index (χ3n) is 3.48. The molecule has 0 unspecified atom stereocenters. The Labute approximate surface area is 166 Å². The lowest BCUT2D eigenvalue weighted by molar-refractivity contribution is -0.131. The van der Waals surface area contributed by atoms with E-state index in [1.54, 1.807) is 18.2 Å². The van der Waals surface area contributed by atoms with Crippen LogP contribution in [0.5, 0.6) is 0 Å². The van der Waals surface area contributed by atoms with Crippen LogP contribution in [0.25, 0.3) is 0 Å². The van der Waals surface area contributed by atoms with E-state index in [1.165, 1.54) is 30.4 Å². The molecule has 0 radical (unpaired) electrons. The predicted molar refractivity (Wildman–Crippen MR) is 107 cm³/mol. The Hall–Kier alpha value is -0.240. The average Bonchev–Trinajstić information content (AvgIpc) is 2.57. The third kappa shape index (κ3) is 7.49. The Bertz CT molecular complexity index is 584. The molecule has 140 valence electrons. The van der Waals surface area contributed by atoms with E-state index in [4.69, 9.17) is 33.4 Å². The molecule has 2 N–H and O–H groups in total. The summed E-state index contributed by atoms with van der Waals surface area (Å²) in [5.41, 5.74) is 0.740. The molecule has 0 aliphatic carbocycles. The zero-order valence-corrected chi connectivity index (χ0v) is 17.1. The van der Waals surface area contributed by atoms with Gasteiger partial charge < -0.3 is 10.2 Å². The average molecular weight is 425 g/mol. The molecule has 4 nitrogen and oxygen atoms in total. The van der Waals surface area contributed by atoms with Gasteiger partial charge in [-0.05, 0) is 24.6 Å². The monoisotopic (exact) mass is 424 g/mol. The number of carbonyl (C=O) groups excluding carboxylic acids is 2. The van der Waals surface area contributed by atoms with E-state index in [0.717, 1.165) is 5.56 Å². The molecule has 0 aromatic heterocycles. The molecule has 8 heteroatoms. The highest BCUT2D eigenvalue weighted by Crippen LogP contribution is 2.39. The minimum Gasteiger partial charge on any atom is -0.396 e. The number of aliphatic hydroxyl groups excluding tert-OH is 2. The van der Waals surface area contributed by atoms with Crippen molar-refractivity contribution in [3.8, 4) is 0 Å². The second-order valence-electron chi connectivity index (χ2n) is 5.33. The number of hydrogen-bond donors (Lipinski definition) is 2. The molecule has 0 fully saturated rings. The molecular formula is C17H22Cl2O4S2. The van der Waals surface area contributed by atoms with E-state index in [9.17, 15) is 9.59 Å². The summed E-state index contributed by atoms with van der Waals surface area (Å²) in [7, 11) is 0. The van der Waals surface area contributed by atoms with Gasteiger partial charge in [-0.15, -0.1) is 0 Å². The molecule has 0 saturated carbocycles. The number of thioether (sulfide) groups is 2. The highest BCUT2D eigenvalue weighted by atomic mass is 35.5. The summed E-state index contributed by atoms with van der Waals surface area (Å²) in [5.74, 6) is 0.373. The lowest BCUT2D eigenvalue weighted by Gasteiger charge is -2.24. The molecule has 0 aliphatic heterocycles. The number of halogens is 2. The van der Waals surface area contributed by atoms with E-state index in [1.807, 2.05) is 0 Å². The van der Waals surface area contributed by atoms with Crippen LogP contribution in [0.15, 0.2) is 18.2 Å². The molecule has 1 aromatic carbocycles. The van der Waals surface area contributed by atoms with Crippen molar-refractivity contribution in [1.82, 2.24) is 0 Å². The summed E-state index contributed by atoms with van der Waals surface area (Å²) < 4.78 is 0. The quantitative estimate of drug-likeness (QED) is 0.393. The number of Topliss-reactive ketones (excluding diaryl/α,β-unsaturated/α-hetero) is 2. The first-order chi connectivity index (χ1) is 11.9. The zero-order valence-electron chi connectivity index (χ0n) is 13.9. The summed E-state index contributed by atoms with van der Waals surface area (Å²) in [6, 6.07) is 5.07. The van der Waals surface area contributed by atoms with Crippen LogP contribution in [0, 0.1) is 5.92 Å². The van der Waals surface area contributed by atoms with Crippen molar-refractivity contribution < 1.29 is 19.8 Å². The van der Waals surface area contributed by atoms with Crippen LogP contribution in [-0.2, 0) is 9.59 Å². The van der Waals surface area contributed by atoms with Crippen LogP contribution in [0.3, 0.4) is 0 Å². The van der Waals surface area contributed by atoms with Gasteiger partial charge in [0.2, 0.25) is 0 Å². The van der Waals surface area contributed by atoms with Crippen molar-refractivity contribution in [2.24, 2.45) is 5.92 Å². The summed E-state index contributed by atoms with van der Waals surface area (Å²) in [6.45, 7) is 1.42. The second-order valence-corrected chi connectivity index (χ2v) is 8.62. The Kier molecular flexibility index (Phi) is 11.1. The van der Waals surface area contributed by atoms with Gasteiger partial charge in [0.05, 0.1) is 29.2 Å². The third-order valence-corrected chi connectivity index (χ3v) is 6.50. The summed E-state index contributed by atoms with van der Waals surface area (Å²) in [4.78, 5) is 24.8. The predicted octanol–water partition coefficient (Wildman–Crippen LogP) is 3.65. The van der Waals surface area contributed by atoms with E-state index in [-0.39, 0.29) is 31.2 Å². The fourth-order valence-electron chi connectivity index (χ4n) is 2.36. The number of rotatable bonds is 12. The van der Waals surface area contributed by atoms with Crippen LogP contribution >= 0.6 is 46.7 Å². The summed E-state index contributed by atoms with van der Waals surface area (Å²) >= 11 is 14.9. The SMILES string of the molecule is CC(=O)[C@H](C(=O)CCSCCO)[C@H](SCCO)c1ccc(Cl)c(Cl)c1. The van der Waals surface area contributed by atoms with Crippen LogP contribution in [0.1, 0.15) is 24.2 Å². The van der Waals surface area contributed by atoms with E-state index in [0.29, 0.717) is 27.3 Å². The van der Waals surface area contributed by atoms with E-state index < -0.39 is 11.2 Å². The minimum atomic E-state index is -0.802. The molecule has 2 atom stereocenters. The topological polar surface area (TPSA) is 74.6 Å². The lowest BCUT2D eigenvalue weighted by Crippen LogP contribution is -2.28. The molecule has 25 heavy (non-hydrogen) atoms. The first kappa shape index (κ1) is 22.8. The van der Waals surface area contributed by atoms with E-state index >= 15 is 0 Å². The fourth-order valence-corrected chi connectivity index (χ4v) is 4.58. The number of aliphatic hydroxyl groups is 2. The zero-order chi connectivity index (χ0) is 18.8. The van der Waals surface area contributed by atoms with Gasteiger partial charge in [0, 0.05) is 28.9 Å². The van der Waals surface area contributed by atoms with Crippen molar-refractivity contribution in [2.45, 2.75) is 18.6 Å². The molecule has 0 saturated heterocycles. The van der Waals surface area contributed by atoms with Gasteiger partial charge in [-0.3, -0.25) is 9.59 Å². The summed E-state index contributed by atoms with van der Waals surface area (Å²) in [5, 5.41) is 18.3. The van der Waals surface area contributed by atoms with Crippen molar-refractivity contribution in [1.29, 1.82) is 0 Å². The molecular weight excluding hydrogens is 403 g/mol. The Morgan fingerprint density at radius 2 is 1.76 bits per heavy atom. The van der Waals surface area contributed by atoms with Crippen LogP contribution in [-0.4, -0.2) is 52.3 Å². The van der Waals surface area contributed by atoms with Crippen LogP contribution in [0.4, 0.5) is 0 Å². The maximum atomic E-state index is 12.6. The first-order valence-corrected chi connectivity index (χ1v) is 10.8. The number of ketones is 2. The first-order valence-electron chi connectivity index (χ1n) is 7.81. The molecule has 0 aliphatic rings. The fraction of sp³-hybridized carbons (Fsp3) is 0.529. The van der Waals surface area contributed by atoms with Crippen LogP contribution in [0.2, 0.25) is 10.0 Å². The van der Waals surface area contributed by atoms with Gasteiger partial charge in [-0.1, -0.05) is 29.3 Å². The molecule has 0 amide bonds. The van der Waals surface area contributed by atoms with Crippen molar-refractivity contribution in [2.75, 3.05) is 30.5 Å². The Morgan fingerprint density at radius 1 is 1.08 bits per heavy atom. The highest BCUT2D eigenvalue weighted by Gasteiger charge is 2.33. The second kappa shape index (κ2) is 12.2. The van der Waals surface area contributed by atoms with Crippen molar-refractivity contribution in [3.05, 3.63) is 33.8 Å². The molecule has 0 spiro atoms. The van der Waals surface area contributed by atoms with Gasteiger partial charge in [-0.2, -0.15) is 23.5 Å². The minimum absolute atomic E-state index is 0.0480. The smallest absolute Gasteiger partial charge is 0.145 e. The normalized spacial score (nSPS) is 13.5. The number of carbonyl (C=O) groups is 2. The lowest BCUT2D eigenvalue weighted by atomic mass is 9.90.